The first-order valence-corrected chi connectivity index (χ1v) is 13.6. The second-order valence-corrected chi connectivity index (χ2v) is 14.0. The van der Waals surface area contributed by atoms with E-state index in [2.05, 4.69) is 101 Å². The Bertz CT molecular complexity index is 653. The van der Waals surface area contributed by atoms with Crippen molar-refractivity contribution in [2.45, 2.75) is 25.7 Å². The molecule has 0 aromatic heterocycles. The number of hydrogen-bond acceptors (Lipinski definition) is 2. The van der Waals surface area contributed by atoms with Gasteiger partial charge < -0.3 is 0 Å². The van der Waals surface area contributed by atoms with Gasteiger partial charge in [0.15, 0.2) is 0 Å². The van der Waals surface area contributed by atoms with Gasteiger partial charge in [0.2, 0.25) is 0 Å². The molecule has 4 heteroatoms. The third-order valence-corrected chi connectivity index (χ3v) is 10.4. The van der Waals surface area contributed by atoms with Gasteiger partial charge in [-0.15, -0.1) is 0 Å². The molecule has 0 radical (unpaired) electrons. The van der Waals surface area contributed by atoms with Crippen molar-refractivity contribution in [2.75, 3.05) is 25.5 Å². The minimum atomic E-state index is -1.44. The number of nitrogens with one attached hydrogen (secondary N) is 1. The number of ether oxygens (including phenoxy) is 1. The Kier molecular flexibility index (Phi) is 8.88. The minimum absolute atomic E-state index is 0.515. The first-order valence-electron chi connectivity index (χ1n) is 9.19. The van der Waals surface area contributed by atoms with Gasteiger partial charge in [0.05, 0.1) is 0 Å². The Morgan fingerprint density at radius 1 is 0.962 bits per heavy atom. The van der Waals surface area contributed by atoms with Gasteiger partial charge in [0, 0.05) is 0 Å². The molecule has 0 saturated heterocycles. The maximum absolute atomic E-state index is 5.31. The molecule has 2 atom stereocenters. The van der Waals surface area contributed by atoms with Crippen LogP contribution >= 0.6 is 5.66 Å². The summed E-state index contributed by atoms with van der Waals surface area (Å²) in [6, 6.07) is 21.6. The molecule has 0 saturated carbocycles. The molecule has 1 N–H and O–H groups in total. The summed E-state index contributed by atoms with van der Waals surface area (Å²) in [5.41, 5.74) is 1.37. The predicted molar refractivity (Wildman–Crippen MR) is 116 cm³/mol. The van der Waals surface area contributed by atoms with Crippen molar-refractivity contribution in [3.63, 3.8) is 0 Å². The van der Waals surface area contributed by atoms with Crippen molar-refractivity contribution < 1.29 is 4.74 Å². The van der Waals surface area contributed by atoms with Crippen molar-refractivity contribution >= 4 is 20.8 Å². The summed E-state index contributed by atoms with van der Waals surface area (Å²) in [5, 5.41) is 3.82. The van der Waals surface area contributed by atoms with Gasteiger partial charge in [-0.05, 0) is 0 Å². The van der Waals surface area contributed by atoms with Crippen molar-refractivity contribution in [1.29, 1.82) is 0 Å². The number of rotatable bonds is 11. The van der Waals surface area contributed by atoms with E-state index in [0.717, 1.165) is 18.9 Å². The summed E-state index contributed by atoms with van der Waals surface area (Å²) in [5.74, 6) is 1.03. The first kappa shape index (κ1) is 21.2. The Balaban J connectivity index is 2.10. The van der Waals surface area contributed by atoms with Gasteiger partial charge in [-0.2, -0.15) is 0 Å². The molecule has 0 spiro atoms. The molecule has 0 aliphatic rings. The Hall–Kier alpha value is -1.11. The van der Waals surface area contributed by atoms with Crippen LogP contribution < -0.4 is 5.09 Å². The molecule has 2 aromatic carbocycles. The Labute approximate surface area is 166 Å². The summed E-state index contributed by atoms with van der Waals surface area (Å²) in [6.07, 6.45) is 3.80. The first-order chi connectivity index (χ1) is 12.5. The monoisotopic (exact) mass is 435 g/mol. The van der Waals surface area contributed by atoms with Crippen LogP contribution in [-0.2, 0) is 4.74 Å². The normalized spacial score (nSPS) is 15.6. The molecule has 140 valence electrons. The maximum atomic E-state index is 5.31. The van der Waals surface area contributed by atoms with E-state index in [-0.39, 0.29) is 0 Å². The Morgan fingerprint density at radius 2 is 1.42 bits per heavy atom. The molecule has 2 unspecified atom stereocenters. The fraction of sp³-hybridized carbons (Fsp3) is 0.364. The van der Waals surface area contributed by atoms with Crippen LogP contribution in [-0.4, -0.2) is 40.6 Å². The van der Waals surface area contributed by atoms with Crippen molar-refractivity contribution in [2.24, 2.45) is 0 Å². The summed E-state index contributed by atoms with van der Waals surface area (Å²) in [7, 11) is 0. The molecule has 2 aromatic rings. The second-order valence-electron chi connectivity index (χ2n) is 6.82. The van der Waals surface area contributed by atoms with Crippen LogP contribution in [0.15, 0.2) is 73.5 Å². The van der Waals surface area contributed by atoms with E-state index < -0.39 is 5.66 Å². The van der Waals surface area contributed by atoms with Gasteiger partial charge >= 0.3 is 166 Å². The zero-order chi connectivity index (χ0) is 18.8. The third kappa shape index (κ3) is 6.89. The zero-order valence-corrected chi connectivity index (χ0v) is 18.4. The van der Waals surface area contributed by atoms with Gasteiger partial charge in [-0.3, -0.25) is 0 Å². The van der Waals surface area contributed by atoms with E-state index in [1.807, 2.05) is 0 Å². The fourth-order valence-electron chi connectivity index (χ4n) is 3.25. The molecular formula is C22H30NOPSe. The van der Waals surface area contributed by atoms with Gasteiger partial charge in [-0.1, -0.05) is 0 Å². The van der Waals surface area contributed by atoms with Crippen LogP contribution in [0, 0.1) is 0 Å². The summed E-state index contributed by atoms with van der Waals surface area (Å²) >= 11 is 3.59. The van der Waals surface area contributed by atoms with E-state index in [1.54, 1.807) is 0 Å². The molecule has 0 aliphatic carbocycles. The average molecular weight is 434 g/mol. The molecule has 2 nitrogen and oxygen atoms in total. The van der Waals surface area contributed by atoms with E-state index >= 15 is 0 Å². The van der Waals surface area contributed by atoms with Crippen LogP contribution in [0.2, 0.25) is 0 Å². The summed E-state index contributed by atoms with van der Waals surface area (Å²) < 4.78 is 5.31. The molecule has 26 heavy (non-hydrogen) atoms. The van der Waals surface area contributed by atoms with Crippen LogP contribution in [0.1, 0.15) is 36.8 Å². The zero-order valence-electron chi connectivity index (χ0n) is 15.8. The third-order valence-electron chi connectivity index (χ3n) is 4.61. The predicted octanol–water partition coefficient (Wildman–Crippen LogP) is 5.36. The molecule has 0 fully saturated rings. The SMILES string of the molecule is C=COCCNP(=[Se])(CC(C)c1ccccc1)CC(C)c1ccccc1. The van der Waals surface area contributed by atoms with E-state index in [0.29, 0.717) is 18.4 Å². The summed E-state index contributed by atoms with van der Waals surface area (Å²) in [4.78, 5) is 0. The van der Waals surface area contributed by atoms with E-state index in [9.17, 15) is 0 Å². The van der Waals surface area contributed by atoms with Gasteiger partial charge in [-0.25, -0.2) is 0 Å². The van der Waals surface area contributed by atoms with Gasteiger partial charge in [0.25, 0.3) is 0 Å². The van der Waals surface area contributed by atoms with E-state index in [4.69, 9.17) is 4.74 Å². The number of benzene rings is 2. The molecule has 0 aliphatic heterocycles. The van der Waals surface area contributed by atoms with Crippen LogP contribution in [0.5, 0.6) is 0 Å². The van der Waals surface area contributed by atoms with Crippen LogP contribution in [0.25, 0.3) is 0 Å². The topological polar surface area (TPSA) is 21.3 Å². The quantitative estimate of drug-likeness (QED) is 0.223. The van der Waals surface area contributed by atoms with Crippen molar-refractivity contribution in [3.05, 3.63) is 84.6 Å². The van der Waals surface area contributed by atoms with Crippen LogP contribution in [0.4, 0.5) is 0 Å². The molecule has 0 heterocycles. The molecule has 2 rings (SSSR count). The molecule has 0 amide bonds. The Morgan fingerprint density at radius 3 is 1.85 bits per heavy atom. The average Bonchev–Trinajstić information content (AvgIpc) is 2.66. The molecular weight excluding hydrogens is 404 g/mol. The number of hydrogen-bond donors (Lipinski definition) is 1. The second kappa shape index (κ2) is 10.9. The summed E-state index contributed by atoms with van der Waals surface area (Å²) in [6.45, 7) is 9.78. The van der Waals surface area contributed by atoms with Crippen molar-refractivity contribution in [1.82, 2.24) is 5.09 Å². The van der Waals surface area contributed by atoms with Crippen LogP contribution in [0.3, 0.4) is 0 Å². The van der Waals surface area contributed by atoms with E-state index in [1.165, 1.54) is 17.4 Å². The van der Waals surface area contributed by atoms with Gasteiger partial charge in [0.1, 0.15) is 0 Å². The molecule has 0 bridgehead atoms. The standard InChI is InChI=1S/C22H30NOPSe/c1-4-24-16-15-23-25(26,17-19(2)21-11-7-5-8-12-21)18-20(3)22-13-9-6-10-14-22/h4-14,19-20H,1,15-18H2,2-3H3,(H,23,26). The fourth-order valence-corrected chi connectivity index (χ4v) is 9.74. The van der Waals surface area contributed by atoms with Crippen molar-refractivity contribution in [3.8, 4) is 0 Å².